The lowest BCUT2D eigenvalue weighted by Crippen LogP contribution is -2.40. The fraction of sp³-hybridized carbons (Fsp3) is 0.160. The molecule has 11 heteroatoms. The Hall–Kier alpha value is -2.96. The van der Waals surface area contributed by atoms with E-state index in [0.717, 1.165) is 21.3 Å². The van der Waals surface area contributed by atoms with Crippen molar-refractivity contribution in [1.29, 1.82) is 0 Å². The van der Waals surface area contributed by atoms with Gasteiger partial charge in [-0.15, -0.1) is 11.3 Å². The standard InChI is InChI=1S/C25H22BrN5O3S2/c26-21-5-3-20(4-6-21)24-18-35-25(31(24)28-17-19-2-1-11-27-16-19)29-22-7-9-23(10-8-22)36(32,33)30-12-14-34-15-13-30/h1-11,16-18H,12-15H2. The Morgan fingerprint density at radius 3 is 2.47 bits per heavy atom. The van der Waals surface area contributed by atoms with Gasteiger partial charge in [-0.1, -0.05) is 34.1 Å². The van der Waals surface area contributed by atoms with Crippen LogP contribution in [0.5, 0.6) is 0 Å². The van der Waals surface area contributed by atoms with Crippen LogP contribution in [-0.4, -0.2) is 54.9 Å². The van der Waals surface area contributed by atoms with Crippen LogP contribution in [0.1, 0.15) is 5.56 Å². The minimum atomic E-state index is -3.56. The number of pyridine rings is 1. The molecule has 36 heavy (non-hydrogen) atoms. The number of rotatable bonds is 6. The molecule has 0 bridgehead atoms. The van der Waals surface area contributed by atoms with Gasteiger partial charge in [0.2, 0.25) is 14.8 Å². The number of halogens is 1. The molecule has 0 amide bonds. The zero-order valence-corrected chi connectivity index (χ0v) is 22.3. The molecule has 1 aliphatic rings. The third-order valence-corrected chi connectivity index (χ3v) is 8.76. The molecule has 0 spiro atoms. The molecule has 184 valence electrons. The molecule has 2 aromatic heterocycles. The number of nitrogens with zero attached hydrogens (tertiary/aromatic N) is 5. The molecule has 0 unspecified atom stereocenters. The molecule has 2 aromatic carbocycles. The number of ether oxygens (including phenoxy) is 1. The van der Waals surface area contributed by atoms with Gasteiger partial charge in [0.05, 0.1) is 35.7 Å². The largest absolute Gasteiger partial charge is 0.379 e. The van der Waals surface area contributed by atoms with Gasteiger partial charge in [0.1, 0.15) is 0 Å². The van der Waals surface area contributed by atoms with E-state index in [-0.39, 0.29) is 4.90 Å². The van der Waals surface area contributed by atoms with E-state index in [2.05, 4.69) is 20.9 Å². The van der Waals surface area contributed by atoms with Crippen molar-refractivity contribution >= 4 is 49.2 Å². The normalized spacial score (nSPS) is 15.5. The lowest BCUT2D eigenvalue weighted by atomic mass is 10.2. The molecule has 8 nitrogen and oxygen atoms in total. The predicted octanol–water partition coefficient (Wildman–Crippen LogP) is 4.51. The molecule has 0 N–H and O–H groups in total. The molecule has 3 heterocycles. The van der Waals surface area contributed by atoms with Crippen molar-refractivity contribution in [3.05, 3.63) is 93.3 Å². The SMILES string of the molecule is O=S(=O)(c1ccc(N=c2scc(-c3ccc(Br)cc3)n2N=Cc2cccnc2)cc1)N1CCOCC1. The Bertz CT molecular complexity index is 1530. The van der Waals surface area contributed by atoms with Crippen LogP contribution in [0.3, 0.4) is 0 Å². The Kier molecular flexibility index (Phi) is 7.54. The van der Waals surface area contributed by atoms with E-state index in [0.29, 0.717) is 36.8 Å². The lowest BCUT2D eigenvalue weighted by molar-refractivity contribution is 0.0730. The van der Waals surface area contributed by atoms with E-state index in [1.807, 2.05) is 41.8 Å². The minimum absolute atomic E-state index is 0.243. The second-order valence-electron chi connectivity index (χ2n) is 7.88. The van der Waals surface area contributed by atoms with Crippen molar-refractivity contribution in [3.8, 4) is 11.3 Å². The average molecular weight is 585 g/mol. The summed E-state index contributed by atoms with van der Waals surface area (Å²) in [7, 11) is -3.56. The van der Waals surface area contributed by atoms with Crippen molar-refractivity contribution in [2.75, 3.05) is 26.3 Å². The van der Waals surface area contributed by atoms with E-state index >= 15 is 0 Å². The number of morpholine rings is 1. The van der Waals surface area contributed by atoms with E-state index < -0.39 is 10.0 Å². The topological polar surface area (TPSA) is 89.2 Å². The number of thiazole rings is 1. The number of aromatic nitrogens is 2. The third kappa shape index (κ3) is 5.55. The molecule has 4 aromatic rings. The highest BCUT2D eigenvalue weighted by Gasteiger charge is 2.26. The van der Waals surface area contributed by atoms with Gasteiger partial charge in [-0.3, -0.25) is 4.98 Å². The molecule has 1 saturated heterocycles. The van der Waals surface area contributed by atoms with Gasteiger partial charge in [-0.2, -0.15) is 9.41 Å². The fourth-order valence-corrected chi connectivity index (χ4v) is 6.15. The number of hydrogen-bond acceptors (Lipinski definition) is 7. The molecule has 1 aliphatic heterocycles. The molecule has 0 atom stereocenters. The predicted molar refractivity (Wildman–Crippen MR) is 144 cm³/mol. The monoisotopic (exact) mass is 583 g/mol. The van der Waals surface area contributed by atoms with E-state index in [1.54, 1.807) is 47.5 Å². The lowest BCUT2D eigenvalue weighted by Gasteiger charge is -2.26. The van der Waals surface area contributed by atoms with Crippen molar-refractivity contribution < 1.29 is 13.2 Å². The highest BCUT2D eigenvalue weighted by atomic mass is 79.9. The van der Waals surface area contributed by atoms with Gasteiger partial charge >= 0.3 is 0 Å². The summed E-state index contributed by atoms with van der Waals surface area (Å²) in [6.45, 7) is 1.53. The van der Waals surface area contributed by atoms with Gasteiger partial charge in [0.25, 0.3) is 0 Å². The maximum Gasteiger partial charge on any atom is 0.243 e. The summed E-state index contributed by atoms with van der Waals surface area (Å²) in [6, 6.07) is 18.4. The van der Waals surface area contributed by atoms with Crippen LogP contribution < -0.4 is 4.80 Å². The number of sulfonamides is 1. The smallest absolute Gasteiger partial charge is 0.243 e. The van der Waals surface area contributed by atoms with Crippen LogP contribution in [0.15, 0.2) is 97.9 Å². The molecule has 1 fully saturated rings. The first-order chi connectivity index (χ1) is 17.5. The molecular formula is C25H22BrN5O3S2. The fourth-order valence-electron chi connectivity index (χ4n) is 3.62. The highest BCUT2D eigenvalue weighted by molar-refractivity contribution is 9.10. The van der Waals surface area contributed by atoms with E-state index in [1.165, 1.54) is 15.6 Å². The van der Waals surface area contributed by atoms with Crippen molar-refractivity contribution in [1.82, 2.24) is 14.0 Å². The second-order valence-corrected chi connectivity index (χ2v) is 11.6. The van der Waals surface area contributed by atoms with Gasteiger partial charge in [-0.25, -0.2) is 18.1 Å². The summed E-state index contributed by atoms with van der Waals surface area (Å²) in [4.78, 5) is 9.80. The van der Waals surface area contributed by atoms with Crippen LogP contribution in [0.2, 0.25) is 0 Å². The van der Waals surface area contributed by atoms with Crippen LogP contribution in [0.4, 0.5) is 5.69 Å². The van der Waals surface area contributed by atoms with Gasteiger partial charge in [0, 0.05) is 46.5 Å². The molecule has 5 rings (SSSR count). The van der Waals surface area contributed by atoms with Gasteiger partial charge in [-0.05, 0) is 42.5 Å². The highest BCUT2D eigenvalue weighted by Crippen LogP contribution is 2.24. The molecule has 0 radical (unpaired) electrons. The van der Waals surface area contributed by atoms with Crippen molar-refractivity contribution in [2.24, 2.45) is 10.1 Å². The summed E-state index contributed by atoms with van der Waals surface area (Å²) < 4.78 is 35.3. The van der Waals surface area contributed by atoms with Crippen LogP contribution in [0, 0.1) is 0 Å². The summed E-state index contributed by atoms with van der Waals surface area (Å²) in [5.41, 5.74) is 3.37. The minimum Gasteiger partial charge on any atom is -0.379 e. The maximum absolute atomic E-state index is 12.9. The number of benzene rings is 2. The van der Waals surface area contributed by atoms with Gasteiger partial charge in [0.15, 0.2) is 0 Å². The molecule has 0 aliphatic carbocycles. The Balaban J connectivity index is 1.51. The van der Waals surface area contributed by atoms with Crippen LogP contribution in [0.25, 0.3) is 11.3 Å². The second kappa shape index (κ2) is 11.0. The van der Waals surface area contributed by atoms with Crippen LogP contribution in [-0.2, 0) is 14.8 Å². The quantitative estimate of drug-likeness (QED) is 0.312. The van der Waals surface area contributed by atoms with E-state index in [4.69, 9.17) is 14.8 Å². The summed E-state index contributed by atoms with van der Waals surface area (Å²) in [5.74, 6) is 0. The summed E-state index contributed by atoms with van der Waals surface area (Å²) in [6.07, 6.45) is 5.19. The Morgan fingerprint density at radius 1 is 1.03 bits per heavy atom. The number of hydrogen-bond donors (Lipinski definition) is 0. The summed E-state index contributed by atoms with van der Waals surface area (Å²) in [5, 5.41) is 6.69. The Labute approximate surface area is 221 Å². The molecular weight excluding hydrogens is 562 g/mol. The first-order valence-corrected chi connectivity index (χ1v) is 14.3. The molecule has 0 saturated carbocycles. The average Bonchev–Trinajstić information content (AvgIpc) is 3.31. The van der Waals surface area contributed by atoms with Crippen molar-refractivity contribution in [3.63, 3.8) is 0 Å². The van der Waals surface area contributed by atoms with Gasteiger partial charge < -0.3 is 4.74 Å². The zero-order chi connectivity index (χ0) is 25.0. The third-order valence-electron chi connectivity index (χ3n) is 5.50. The van der Waals surface area contributed by atoms with Crippen LogP contribution >= 0.6 is 27.3 Å². The zero-order valence-electron chi connectivity index (χ0n) is 19.1. The first kappa shape index (κ1) is 24.7. The first-order valence-electron chi connectivity index (χ1n) is 11.1. The van der Waals surface area contributed by atoms with Crippen molar-refractivity contribution in [2.45, 2.75) is 4.90 Å². The summed E-state index contributed by atoms with van der Waals surface area (Å²) >= 11 is 4.93. The van der Waals surface area contributed by atoms with E-state index in [9.17, 15) is 8.42 Å². The Morgan fingerprint density at radius 2 is 1.78 bits per heavy atom. The maximum atomic E-state index is 12.9.